The summed E-state index contributed by atoms with van der Waals surface area (Å²) in [6.07, 6.45) is 0.647. The number of nitrogens with one attached hydrogen (secondary N) is 2. The monoisotopic (exact) mass is 321 g/mol. The van der Waals surface area contributed by atoms with E-state index in [9.17, 15) is 20.1 Å². The molecule has 0 spiro atoms. The lowest BCUT2D eigenvalue weighted by molar-refractivity contribution is 0.237. The van der Waals surface area contributed by atoms with E-state index in [-0.39, 0.29) is 17.1 Å². The number of aromatic nitrogens is 2. The van der Waals surface area contributed by atoms with Gasteiger partial charge in [0.1, 0.15) is 0 Å². The molecular formula is C14H15N3O4S. The summed E-state index contributed by atoms with van der Waals surface area (Å²) in [5.74, 6) is -1.24. The fraction of sp³-hybridized carbons (Fsp3) is 0.286. The van der Waals surface area contributed by atoms with Crippen molar-refractivity contribution in [1.82, 2.24) is 14.9 Å². The Balaban J connectivity index is 1.86. The Hall–Kier alpha value is -2.32. The van der Waals surface area contributed by atoms with Gasteiger partial charge in [0.25, 0.3) is 5.56 Å². The first-order valence-electron chi connectivity index (χ1n) is 6.75. The third-order valence-electron chi connectivity index (χ3n) is 3.80. The molecule has 3 rings (SSSR count). The standard InChI is InChI=1S/C14H15N3O4S/c18-10-2-1-7(11(19)12(10)20)5-17-4-3-9-8(6-17)13(21)16-14(22)15-9/h1-2,18-20H,3-6H2,(H2,15,16,21,22). The maximum absolute atomic E-state index is 12.0. The van der Waals surface area contributed by atoms with Crippen LogP contribution in [0.5, 0.6) is 17.2 Å². The number of fused-ring (bicyclic) bond motifs is 1. The van der Waals surface area contributed by atoms with Crippen molar-refractivity contribution in [2.45, 2.75) is 19.5 Å². The summed E-state index contributed by atoms with van der Waals surface area (Å²) in [6.45, 7) is 1.45. The summed E-state index contributed by atoms with van der Waals surface area (Å²) in [5.41, 5.74) is 1.74. The fourth-order valence-electron chi connectivity index (χ4n) is 2.63. The van der Waals surface area contributed by atoms with Crippen LogP contribution in [0, 0.1) is 4.77 Å². The lowest BCUT2D eigenvalue weighted by atomic mass is 10.1. The molecule has 0 atom stereocenters. The number of hydrogen-bond acceptors (Lipinski definition) is 6. The zero-order valence-corrected chi connectivity index (χ0v) is 12.4. The number of benzene rings is 1. The second-order valence-corrected chi connectivity index (χ2v) is 5.68. The normalized spacial score (nSPS) is 14.7. The van der Waals surface area contributed by atoms with Crippen molar-refractivity contribution in [3.63, 3.8) is 0 Å². The number of aromatic hydroxyl groups is 3. The number of phenols is 3. The number of aromatic amines is 2. The second kappa shape index (κ2) is 5.47. The smallest absolute Gasteiger partial charge is 0.256 e. The van der Waals surface area contributed by atoms with Gasteiger partial charge in [-0.1, -0.05) is 6.07 Å². The molecule has 0 amide bonds. The molecule has 0 fully saturated rings. The van der Waals surface area contributed by atoms with Crippen LogP contribution < -0.4 is 5.56 Å². The number of hydrogen-bond donors (Lipinski definition) is 5. The molecule has 116 valence electrons. The summed E-state index contributed by atoms with van der Waals surface area (Å²) < 4.78 is 0.318. The maximum Gasteiger partial charge on any atom is 0.256 e. The molecule has 1 aromatic carbocycles. The summed E-state index contributed by atoms with van der Waals surface area (Å²) >= 11 is 4.95. The van der Waals surface area contributed by atoms with Crippen LogP contribution in [0.3, 0.4) is 0 Å². The van der Waals surface area contributed by atoms with Gasteiger partial charge in [0, 0.05) is 37.3 Å². The third kappa shape index (κ3) is 2.58. The number of phenolic OH excluding ortho intramolecular Hbond substituents is 3. The van der Waals surface area contributed by atoms with Crippen LogP contribution in [-0.2, 0) is 19.5 Å². The van der Waals surface area contributed by atoms with Gasteiger partial charge in [-0.15, -0.1) is 0 Å². The Morgan fingerprint density at radius 3 is 2.73 bits per heavy atom. The molecule has 7 nitrogen and oxygen atoms in total. The molecule has 0 unspecified atom stereocenters. The van der Waals surface area contributed by atoms with Crippen LogP contribution >= 0.6 is 12.2 Å². The summed E-state index contributed by atoms with van der Waals surface area (Å²) in [6, 6.07) is 2.87. The molecule has 1 aliphatic rings. The average Bonchev–Trinajstić information content (AvgIpc) is 2.48. The summed E-state index contributed by atoms with van der Waals surface area (Å²) in [4.78, 5) is 19.5. The third-order valence-corrected chi connectivity index (χ3v) is 4.00. The Labute approximate surface area is 130 Å². The summed E-state index contributed by atoms with van der Waals surface area (Å²) in [7, 11) is 0. The molecule has 8 heteroatoms. The molecule has 1 aromatic heterocycles. The first-order chi connectivity index (χ1) is 10.5. The Morgan fingerprint density at radius 2 is 1.95 bits per heavy atom. The van der Waals surface area contributed by atoms with Gasteiger partial charge < -0.3 is 20.3 Å². The zero-order valence-electron chi connectivity index (χ0n) is 11.6. The minimum Gasteiger partial charge on any atom is -0.504 e. The molecule has 0 saturated heterocycles. The van der Waals surface area contributed by atoms with Gasteiger partial charge in [-0.05, 0) is 18.3 Å². The molecule has 5 N–H and O–H groups in total. The predicted octanol–water partition coefficient (Wildman–Crippen LogP) is 1.11. The highest BCUT2D eigenvalue weighted by molar-refractivity contribution is 7.71. The van der Waals surface area contributed by atoms with Crippen LogP contribution in [0.1, 0.15) is 16.8 Å². The highest BCUT2D eigenvalue weighted by Crippen LogP contribution is 2.37. The van der Waals surface area contributed by atoms with Gasteiger partial charge in [-0.25, -0.2) is 0 Å². The largest absolute Gasteiger partial charge is 0.504 e. The lowest BCUT2D eigenvalue weighted by Crippen LogP contribution is -2.35. The molecule has 22 heavy (non-hydrogen) atoms. The van der Waals surface area contributed by atoms with Crippen molar-refractivity contribution in [2.24, 2.45) is 0 Å². The van der Waals surface area contributed by atoms with Crippen molar-refractivity contribution in [1.29, 1.82) is 0 Å². The van der Waals surface area contributed by atoms with Crippen LogP contribution in [0.4, 0.5) is 0 Å². The van der Waals surface area contributed by atoms with E-state index < -0.39 is 5.75 Å². The van der Waals surface area contributed by atoms with Gasteiger partial charge in [-0.3, -0.25) is 14.7 Å². The molecule has 1 aliphatic heterocycles. The molecule has 2 aromatic rings. The Kier molecular flexibility index (Phi) is 3.63. The van der Waals surface area contributed by atoms with Crippen molar-refractivity contribution in [3.8, 4) is 17.2 Å². The van der Waals surface area contributed by atoms with E-state index in [2.05, 4.69) is 9.97 Å². The number of rotatable bonds is 2. The van der Waals surface area contributed by atoms with Crippen LogP contribution in [0.2, 0.25) is 0 Å². The SMILES string of the molecule is O=c1[nH]c(=S)[nH]c2c1CN(Cc1ccc(O)c(O)c1O)CC2. The molecule has 0 radical (unpaired) electrons. The first kappa shape index (κ1) is 14.6. The quantitative estimate of drug-likeness (QED) is 0.418. The minimum atomic E-state index is -0.531. The van der Waals surface area contributed by atoms with Gasteiger partial charge in [0.05, 0.1) is 5.56 Å². The molecule has 0 saturated carbocycles. The predicted molar refractivity (Wildman–Crippen MR) is 81.5 cm³/mol. The van der Waals surface area contributed by atoms with E-state index in [1.54, 1.807) is 6.07 Å². The number of H-pyrrole nitrogens is 2. The van der Waals surface area contributed by atoms with E-state index >= 15 is 0 Å². The zero-order chi connectivity index (χ0) is 15.9. The van der Waals surface area contributed by atoms with E-state index in [0.717, 1.165) is 5.69 Å². The van der Waals surface area contributed by atoms with Crippen molar-refractivity contribution < 1.29 is 15.3 Å². The average molecular weight is 321 g/mol. The van der Waals surface area contributed by atoms with E-state index in [4.69, 9.17) is 12.2 Å². The van der Waals surface area contributed by atoms with Gasteiger partial charge in [-0.2, -0.15) is 0 Å². The lowest BCUT2D eigenvalue weighted by Gasteiger charge is -2.28. The Morgan fingerprint density at radius 1 is 1.18 bits per heavy atom. The van der Waals surface area contributed by atoms with E-state index in [0.29, 0.717) is 42.0 Å². The fourth-order valence-corrected chi connectivity index (χ4v) is 2.84. The van der Waals surface area contributed by atoms with Crippen LogP contribution in [0.15, 0.2) is 16.9 Å². The molecule has 0 aliphatic carbocycles. The van der Waals surface area contributed by atoms with Crippen LogP contribution in [-0.4, -0.2) is 36.7 Å². The second-order valence-electron chi connectivity index (χ2n) is 5.27. The van der Waals surface area contributed by atoms with Crippen molar-refractivity contribution in [2.75, 3.05) is 6.54 Å². The van der Waals surface area contributed by atoms with Crippen molar-refractivity contribution >= 4 is 12.2 Å². The Bertz CT molecular complexity index is 843. The van der Waals surface area contributed by atoms with Crippen LogP contribution in [0.25, 0.3) is 0 Å². The highest BCUT2D eigenvalue weighted by atomic mass is 32.1. The summed E-state index contributed by atoms with van der Waals surface area (Å²) in [5, 5.41) is 28.8. The van der Waals surface area contributed by atoms with Gasteiger partial charge in [0.2, 0.25) is 5.75 Å². The molecular weight excluding hydrogens is 306 g/mol. The minimum absolute atomic E-state index is 0.207. The van der Waals surface area contributed by atoms with Gasteiger partial charge in [0.15, 0.2) is 16.3 Å². The highest BCUT2D eigenvalue weighted by Gasteiger charge is 2.21. The van der Waals surface area contributed by atoms with E-state index in [1.807, 2.05) is 4.90 Å². The molecule has 0 bridgehead atoms. The molecule has 2 heterocycles. The van der Waals surface area contributed by atoms with E-state index in [1.165, 1.54) is 6.07 Å². The number of nitrogens with zero attached hydrogens (tertiary/aromatic N) is 1. The first-order valence-corrected chi connectivity index (χ1v) is 7.16. The maximum atomic E-state index is 12.0. The topological polar surface area (TPSA) is 113 Å². The van der Waals surface area contributed by atoms with Crippen molar-refractivity contribution in [3.05, 3.63) is 44.1 Å². The van der Waals surface area contributed by atoms with Gasteiger partial charge >= 0.3 is 0 Å².